The molecule has 4 aromatic rings. The number of ketones is 1. The van der Waals surface area contributed by atoms with Crippen molar-refractivity contribution < 1.29 is 14.3 Å². The summed E-state index contributed by atoms with van der Waals surface area (Å²) in [5.41, 5.74) is 8.64. The SMILES string of the molecule is CCc1ccc(OC(N)=O)cc1-c1ccnc2c(C(=O)c3cccs3)cnn12. The molecule has 0 spiro atoms. The Morgan fingerprint density at radius 3 is 2.82 bits per heavy atom. The normalized spacial score (nSPS) is 10.9. The number of hydrogen-bond donors (Lipinski definition) is 1. The van der Waals surface area contributed by atoms with Gasteiger partial charge in [0.15, 0.2) is 5.65 Å². The van der Waals surface area contributed by atoms with E-state index < -0.39 is 6.09 Å². The molecule has 28 heavy (non-hydrogen) atoms. The summed E-state index contributed by atoms with van der Waals surface area (Å²) in [6.45, 7) is 2.03. The van der Waals surface area contributed by atoms with Gasteiger partial charge in [0.2, 0.25) is 5.78 Å². The van der Waals surface area contributed by atoms with Crippen LogP contribution in [0.1, 0.15) is 27.7 Å². The first-order valence-electron chi connectivity index (χ1n) is 8.60. The van der Waals surface area contributed by atoms with E-state index in [9.17, 15) is 9.59 Å². The lowest BCUT2D eigenvalue weighted by atomic mass is 10.0. The minimum Gasteiger partial charge on any atom is -0.410 e. The Hall–Kier alpha value is -3.52. The third-order valence-electron chi connectivity index (χ3n) is 4.35. The molecule has 0 saturated heterocycles. The van der Waals surface area contributed by atoms with Crippen molar-refractivity contribution in [2.75, 3.05) is 0 Å². The first-order chi connectivity index (χ1) is 13.6. The summed E-state index contributed by atoms with van der Waals surface area (Å²) in [4.78, 5) is 28.9. The van der Waals surface area contributed by atoms with E-state index in [1.165, 1.54) is 17.5 Å². The van der Waals surface area contributed by atoms with E-state index in [2.05, 4.69) is 10.1 Å². The van der Waals surface area contributed by atoms with E-state index in [0.29, 0.717) is 21.8 Å². The molecule has 4 rings (SSSR count). The predicted molar refractivity (Wildman–Crippen MR) is 106 cm³/mol. The van der Waals surface area contributed by atoms with Gasteiger partial charge in [-0.3, -0.25) is 4.79 Å². The van der Waals surface area contributed by atoms with Crippen molar-refractivity contribution in [1.29, 1.82) is 0 Å². The van der Waals surface area contributed by atoms with Crippen LogP contribution in [-0.2, 0) is 6.42 Å². The van der Waals surface area contributed by atoms with Crippen LogP contribution in [0.15, 0.2) is 54.2 Å². The molecular formula is C20H16N4O3S. The van der Waals surface area contributed by atoms with Gasteiger partial charge in [-0.05, 0) is 41.6 Å². The van der Waals surface area contributed by atoms with Crippen molar-refractivity contribution in [2.45, 2.75) is 13.3 Å². The molecule has 1 amide bonds. The number of nitrogens with zero attached hydrogens (tertiary/aromatic N) is 3. The van der Waals surface area contributed by atoms with E-state index in [-0.39, 0.29) is 5.78 Å². The lowest BCUT2D eigenvalue weighted by molar-refractivity contribution is 0.104. The van der Waals surface area contributed by atoms with Crippen molar-refractivity contribution in [1.82, 2.24) is 14.6 Å². The van der Waals surface area contributed by atoms with Crippen molar-refractivity contribution in [2.24, 2.45) is 5.73 Å². The molecule has 0 aliphatic carbocycles. The molecule has 140 valence electrons. The van der Waals surface area contributed by atoms with Crippen LogP contribution in [0, 0.1) is 0 Å². The summed E-state index contributed by atoms with van der Waals surface area (Å²) in [6.07, 6.45) is 3.05. The van der Waals surface area contributed by atoms with E-state index in [1.807, 2.05) is 30.5 Å². The minimum atomic E-state index is -0.877. The maximum Gasteiger partial charge on any atom is 0.409 e. The number of hydrogen-bond acceptors (Lipinski definition) is 6. The number of carbonyl (C=O) groups is 2. The van der Waals surface area contributed by atoms with Gasteiger partial charge in [-0.15, -0.1) is 11.3 Å². The Morgan fingerprint density at radius 2 is 2.11 bits per heavy atom. The van der Waals surface area contributed by atoms with E-state index >= 15 is 0 Å². The number of fused-ring (bicyclic) bond motifs is 1. The van der Waals surface area contributed by atoms with Crippen LogP contribution < -0.4 is 10.5 Å². The van der Waals surface area contributed by atoms with Gasteiger partial charge in [0.25, 0.3) is 0 Å². The molecule has 7 nitrogen and oxygen atoms in total. The standard InChI is InChI=1S/C20H16N4O3S/c1-2-12-5-6-13(27-20(21)26)10-14(12)16-7-8-22-19-15(11-23-24(16)19)18(25)17-4-3-9-28-17/h3-11H,2H2,1H3,(H2,21,26). The van der Waals surface area contributed by atoms with Gasteiger partial charge in [-0.1, -0.05) is 19.1 Å². The van der Waals surface area contributed by atoms with Crippen LogP contribution in [0.5, 0.6) is 5.75 Å². The topological polar surface area (TPSA) is 99.6 Å². The summed E-state index contributed by atoms with van der Waals surface area (Å²) >= 11 is 1.38. The molecule has 0 fully saturated rings. The van der Waals surface area contributed by atoms with E-state index in [1.54, 1.807) is 28.9 Å². The third kappa shape index (κ3) is 3.14. The number of benzene rings is 1. The van der Waals surface area contributed by atoms with Gasteiger partial charge in [-0.2, -0.15) is 5.10 Å². The maximum atomic E-state index is 12.8. The van der Waals surface area contributed by atoms with Crippen molar-refractivity contribution in [3.63, 3.8) is 0 Å². The largest absolute Gasteiger partial charge is 0.410 e. The number of ether oxygens (including phenoxy) is 1. The van der Waals surface area contributed by atoms with Crippen LogP contribution in [0.4, 0.5) is 4.79 Å². The highest BCUT2D eigenvalue weighted by atomic mass is 32.1. The molecule has 0 aliphatic rings. The summed E-state index contributed by atoms with van der Waals surface area (Å²) < 4.78 is 6.65. The van der Waals surface area contributed by atoms with Gasteiger partial charge < -0.3 is 10.5 Å². The third-order valence-corrected chi connectivity index (χ3v) is 5.22. The second-order valence-corrected chi connectivity index (χ2v) is 6.97. The Labute approximate surface area is 164 Å². The van der Waals surface area contributed by atoms with E-state index in [0.717, 1.165) is 23.2 Å². The minimum absolute atomic E-state index is 0.115. The highest BCUT2D eigenvalue weighted by molar-refractivity contribution is 7.12. The second kappa shape index (κ2) is 7.24. The number of thiophene rings is 1. The van der Waals surface area contributed by atoms with Crippen LogP contribution in [-0.4, -0.2) is 26.5 Å². The summed E-state index contributed by atoms with van der Waals surface area (Å²) in [5.74, 6) is 0.225. The highest BCUT2D eigenvalue weighted by Gasteiger charge is 2.19. The smallest absolute Gasteiger partial charge is 0.409 e. The fraction of sp³-hybridized carbons (Fsp3) is 0.100. The van der Waals surface area contributed by atoms with Crippen LogP contribution in [0.3, 0.4) is 0 Å². The highest BCUT2D eigenvalue weighted by Crippen LogP contribution is 2.30. The van der Waals surface area contributed by atoms with Gasteiger partial charge in [0.1, 0.15) is 5.75 Å². The van der Waals surface area contributed by atoms with E-state index in [4.69, 9.17) is 10.5 Å². The molecule has 8 heteroatoms. The van der Waals surface area contributed by atoms with Crippen LogP contribution in [0.2, 0.25) is 0 Å². The number of amides is 1. The number of aromatic nitrogens is 3. The average molecular weight is 392 g/mol. The Morgan fingerprint density at radius 1 is 1.25 bits per heavy atom. The summed E-state index contributed by atoms with van der Waals surface area (Å²) in [6, 6.07) is 10.7. The van der Waals surface area contributed by atoms with Gasteiger partial charge in [0, 0.05) is 11.8 Å². The first-order valence-corrected chi connectivity index (χ1v) is 9.48. The van der Waals surface area contributed by atoms with Gasteiger partial charge in [-0.25, -0.2) is 14.3 Å². The average Bonchev–Trinajstić information content (AvgIpc) is 3.36. The summed E-state index contributed by atoms with van der Waals surface area (Å²) in [7, 11) is 0. The van der Waals surface area contributed by atoms with Crippen molar-refractivity contribution >= 4 is 28.9 Å². The maximum absolute atomic E-state index is 12.8. The molecule has 0 unspecified atom stereocenters. The van der Waals surface area contributed by atoms with Crippen LogP contribution >= 0.6 is 11.3 Å². The molecule has 0 aliphatic heterocycles. The molecule has 0 bridgehead atoms. The van der Waals surface area contributed by atoms with Gasteiger partial charge in [0.05, 0.1) is 22.3 Å². The molecule has 3 aromatic heterocycles. The van der Waals surface area contributed by atoms with Crippen molar-refractivity contribution in [3.8, 4) is 17.0 Å². The zero-order valence-corrected chi connectivity index (χ0v) is 15.8. The lowest BCUT2D eigenvalue weighted by Crippen LogP contribution is -2.16. The molecule has 2 N–H and O–H groups in total. The Kier molecular flexibility index (Phi) is 4.62. The number of nitrogens with two attached hydrogens (primary N) is 1. The number of aryl methyl sites for hydroxylation is 1. The first kappa shape index (κ1) is 17.9. The summed E-state index contributed by atoms with van der Waals surface area (Å²) in [5, 5.41) is 6.25. The fourth-order valence-corrected chi connectivity index (χ4v) is 3.76. The Bertz CT molecular complexity index is 1180. The molecule has 0 saturated carbocycles. The fourth-order valence-electron chi connectivity index (χ4n) is 3.08. The molecule has 1 aromatic carbocycles. The quantitative estimate of drug-likeness (QED) is 0.522. The molecular weight excluding hydrogens is 376 g/mol. The number of rotatable bonds is 5. The lowest BCUT2D eigenvalue weighted by Gasteiger charge is -2.12. The number of primary amides is 1. The monoisotopic (exact) mass is 392 g/mol. The van der Waals surface area contributed by atoms with Crippen LogP contribution in [0.25, 0.3) is 16.9 Å². The zero-order chi connectivity index (χ0) is 19.7. The molecule has 0 atom stereocenters. The predicted octanol–water partition coefficient (Wildman–Crippen LogP) is 3.71. The molecule has 0 radical (unpaired) electrons. The zero-order valence-electron chi connectivity index (χ0n) is 15.0. The number of carbonyl (C=O) groups excluding carboxylic acids is 2. The van der Waals surface area contributed by atoms with Crippen molar-refractivity contribution in [3.05, 3.63) is 70.2 Å². The molecule has 3 heterocycles. The second-order valence-electron chi connectivity index (χ2n) is 6.02. The Balaban J connectivity index is 1.86. The van der Waals surface area contributed by atoms with Gasteiger partial charge >= 0.3 is 6.09 Å².